The van der Waals surface area contributed by atoms with Gasteiger partial charge in [-0.3, -0.25) is 9.69 Å². The van der Waals surface area contributed by atoms with Crippen LogP contribution in [-0.2, 0) is 6.54 Å². The first kappa shape index (κ1) is 18.0. The smallest absolute Gasteiger partial charge is 0.276 e. The van der Waals surface area contributed by atoms with Crippen LogP contribution in [0.2, 0.25) is 0 Å². The fourth-order valence-corrected chi connectivity index (χ4v) is 3.92. The van der Waals surface area contributed by atoms with Crippen LogP contribution < -0.4 is 0 Å². The van der Waals surface area contributed by atoms with Crippen molar-refractivity contribution in [3.63, 3.8) is 0 Å². The molecule has 1 aromatic carbocycles. The predicted octanol–water partition coefficient (Wildman–Crippen LogP) is 2.63. The van der Waals surface area contributed by atoms with E-state index in [1.54, 1.807) is 10.9 Å². The van der Waals surface area contributed by atoms with Crippen molar-refractivity contribution in [1.82, 2.24) is 24.8 Å². The minimum atomic E-state index is -0.564. The second-order valence-corrected chi connectivity index (χ2v) is 7.35. The molecule has 0 aliphatic carbocycles. The fraction of sp³-hybridized carbons (Fsp3) is 0.526. The Morgan fingerprint density at radius 3 is 2.74 bits per heavy atom. The Morgan fingerprint density at radius 1 is 1.15 bits per heavy atom. The van der Waals surface area contributed by atoms with Crippen molar-refractivity contribution in [1.29, 1.82) is 0 Å². The monoisotopic (exact) mass is 375 g/mol. The first-order valence-corrected chi connectivity index (χ1v) is 9.47. The van der Waals surface area contributed by atoms with E-state index in [-0.39, 0.29) is 11.9 Å². The molecule has 2 fully saturated rings. The molecule has 0 spiro atoms. The molecule has 0 unspecified atom stereocenters. The molecule has 0 saturated carbocycles. The molecule has 3 heterocycles. The number of likely N-dealkylation sites (tertiary alicyclic amines) is 2. The van der Waals surface area contributed by atoms with Gasteiger partial charge in [0.05, 0.1) is 12.2 Å². The van der Waals surface area contributed by atoms with Gasteiger partial charge in [-0.2, -0.15) is 0 Å². The van der Waals surface area contributed by atoms with Gasteiger partial charge in [0.1, 0.15) is 11.6 Å². The number of nitrogens with zero attached hydrogens (tertiary/aromatic N) is 5. The average Bonchev–Trinajstić information content (AvgIpc) is 3.36. The summed E-state index contributed by atoms with van der Waals surface area (Å²) in [4.78, 5) is 16.4. The van der Waals surface area contributed by atoms with Crippen LogP contribution in [0.25, 0.3) is 0 Å². The molecule has 4 rings (SSSR count). The summed E-state index contributed by atoms with van der Waals surface area (Å²) in [6.07, 6.45) is 5.69. The Kier molecular flexibility index (Phi) is 5.15. The standard InChI is InChI=1S/C19H23F2N5O/c20-15-6-5-14(17(21)10-15)11-24-7-3-4-16(12-24)26-13-18(22-23-26)19(27)25-8-1-2-9-25/h5-6,10,13,16H,1-4,7-9,11-12H2/t16-/m1/s1. The third-order valence-electron chi connectivity index (χ3n) is 5.39. The number of piperidine rings is 1. The molecule has 2 aliphatic rings. The molecule has 2 aliphatic heterocycles. The van der Waals surface area contributed by atoms with Crippen molar-refractivity contribution in [2.45, 2.75) is 38.3 Å². The quantitative estimate of drug-likeness (QED) is 0.824. The highest BCUT2D eigenvalue weighted by atomic mass is 19.1. The van der Waals surface area contributed by atoms with Gasteiger partial charge >= 0.3 is 0 Å². The molecule has 0 radical (unpaired) electrons. The van der Waals surface area contributed by atoms with Gasteiger partial charge in [0.25, 0.3) is 5.91 Å². The van der Waals surface area contributed by atoms with Crippen molar-refractivity contribution in [3.05, 3.63) is 47.3 Å². The Labute approximate surface area is 156 Å². The molecule has 144 valence electrons. The van der Waals surface area contributed by atoms with Gasteiger partial charge in [0.2, 0.25) is 0 Å². The third-order valence-corrected chi connectivity index (χ3v) is 5.39. The summed E-state index contributed by atoms with van der Waals surface area (Å²) in [6, 6.07) is 3.80. The zero-order chi connectivity index (χ0) is 18.8. The van der Waals surface area contributed by atoms with E-state index >= 15 is 0 Å². The molecular formula is C19H23F2N5O. The molecule has 0 bridgehead atoms. The molecule has 27 heavy (non-hydrogen) atoms. The molecule has 2 aromatic rings. The van der Waals surface area contributed by atoms with Crippen LogP contribution in [0.4, 0.5) is 8.78 Å². The van der Waals surface area contributed by atoms with Crippen molar-refractivity contribution < 1.29 is 13.6 Å². The number of rotatable bonds is 4. The lowest BCUT2D eigenvalue weighted by Gasteiger charge is -2.32. The number of halogens is 2. The van der Waals surface area contributed by atoms with Crippen LogP contribution in [0, 0.1) is 11.6 Å². The van der Waals surface area contributed by atoms with Crippen molar-refractivity contribution in [2.24, 2.45) is 0 Å². The summed E-state index contributed by atoms with van der Waals surface area (Å²) in [5, 5.41) is 8.24. The first-order valence-electron chi connectivity index (χ1n) is 9.47. The van der Waals surface area contributed by atoms with Crippen LogP contribution in [-0.4, -0.2) is 56.9 Å². The summed E-state index contributed by atoms with van der Waals surface area (Å²) >= 11 is 0. The Bertz CT molecular complexity index is 818. The number of aromatic nitrogens is 3. The minimum Gasteiger partial charge on any atom is -0.337 e. The highest BCUT2D eigenvalue weighted by Crippen LogP contribution is 2.23. The second kappa shape index (κ2) is 7.72. The lowest BCUT2D eigenvalue weighted by molar-refractivity contribution is 0.0787. The number of carbonyl (C=O) groups is 1. The van der Waals surface area contributed by atoms with Crippen LogP contribution in [0.15, 0.2) is 24.4 Å². The third kappa shape index (κ3) is 4.00. The maximum absolute atomic E-state index is 13.9. The highest BCUT2D eigenvalue weighted by Gasteiger charge is 2.26. The average molecular weight is 375 g/mol. The van der Waals surface area contributed by atoms with Gasteiger partial charge in [-0.1, -0.05) is 11.3 Å². The van der Waals surface area contributed by atoms with Crippen molar-refractivity contribution in [3.8, 4) is 0 Å². The predicted molar refractivity (Wildman–Crippen MR) is 95.1 cm³/mol. The second-order valence-electron chi connectivity index (χ2n) is 7.35. The van der Waals surface area contributed by atoms with Gasteiger partial charge in [-0.05, 0) is 38.3 Å². The lowest BCUT2D eigenvalue weighted by Crippen LogP contribution is -2.36. The van der Waals surface area contributed by atoms with Gasteiger partial charge in [0, 0.05) is 37.8 Å². The largest absolute Gasteiger partial charge is 0.337 e. The number of carbonyl (C=O) groups excluding carboxylic acids is 1. The zero-order valence-electron chi connectivity index (χ0n) is 15.2. The number of benzene rings is 1. The van der Waals surface area contributed by atoms with E-state index in [0.29, 0.717) is 24.3 Å². The van der Waals surface area contributed by atoms with Crippen LogP contribution in [0.1, 0.15) is 47.8 Å². The van der Waals surface area contributed by atoms with E-state index in [2.05, 4.69) is 15.2 Å². The van der Waals surface area contributed by atoms with E-state index in [9.17, 15) is 13.6 Å². The highest BCUT2D eigenvalue weighted by molar-refractivity contribution is 5.92. The fourth-order valence-electron chi connectivity index (χ4n) is 3.92. The van der Waals surface area contributed by atoms with Gasteiger partial charge in [-0.25, -0.2) is 13.5 Å². The lowest BCUT2D eigenvalue weighted by atomic mass is 10.0. The maximum atomic E-state index is 13.9. The number of hydrogen-bond acceptors (Lipinski definition) is 4. The van der Waals surface area contributed by atoms with Crippen molar-refractivity contribution in [2.75, 3.05) is 26.2 Å². The minimum absolute atomic E-state index is 0.0557. The summed E-state index contributed by atoms with van der Waals surface area (Å²) in [7, 11) is 0. The maximum Gasteiger partial charge on any atom is 0.276 e. The van der Waals surface area contributed by atoms with E-state index in [1.807, 2.05) is 4.90 Å². The van der Waals surface area contributed by atoms with E-state index < -0.39 is 11.6 Å². The van der Waals surface area contributed by atoms with Crippen LogP contribution >= 0.6 is 0 Å². The topological polar surface area (TPSA) is 54.3 Å². The van der Waals surface area contributed by atoms with Crippen LogP contribution in [0.5, 0.6) is 0 Å². The summed E-state index contributed by atoms with van der Waals surface area (Å²) in [5.74, 6) is -1.14. The Hall–Kier alpha value is -2.35. The van der Waals surface area contributed by atoms with Gasteiger partial charge in [0.15, 0.2) is 5.69 Å². The molecule has 0 N–H and O–H groups in total. The molecule has 1 aromatic heterocycles. The van der Waals surface area contributed by atoms with Crippen LogP contribution in [0.3, 0.4) is 0 Å². The number of hydrogen-bond donors (Lipinski definition) is 0. The summed E-state index contributed by atoms with van der Waals surface area (Å²) < 4.78 is 28.8. The molecular weight excluding hydrogens is 352 g/mol. The van der Waals surface area contributed by atoms with E-state index in [1.165, 1.54) is 12.1 Å². The normalized spacial score (nSPS) is 21.0. The first-order chi connectivity index (χ1) is 13.1. The molecule has 2 saturated heterocycles. The van der Waals surface area contributed by atoms with E-state index in [4.69, 9.17) is 0 Å². The van der Waals surface area contributed by atoms with Gasteiger partial charge in [-0.15, -0.1) is 5.10 Å². The number of amides is 1. The molecule has 1 amide bonds. The molecule has 8 heteroatoms. The Balaban J connectivity index is 1.41. The summed E-state index contributed by atoms with van der Waals surface area (Å²) in [6.45, 7) is 3.54. The van der Waals surface area contributed by atoms with Crippen molar-refractivity contribution >= 4 is 5.91 Å². The SMILES string of the molecule is O=C(c1cn([C@@H]2CCCN(Cc3ccc(F)cc3F)C2)nn1)N1CCCC1. The summed E-state index contributed by atoms with van der Waals surface area (Å²) in [5.41, 5.74) is 0.874. The molecule has 6 nitrogen and oxygen atoms in total. The zero-order valence-corrected chi connectivity index (χ0v) is 15.2. The van der Waals surface area contributed by atoms with E-state index in [0.717, 1.165) is 51.4 Å². The van der Waals surface area contributed by atoms with Gasteiger partial charge < -0.3 is 4.90 Å². The molecule has 1 atom stereocenters. The Morgan fingerprint density at radius 2 is 1.96 bits per heavy atom.